The Balaban J connectivity index is 1.55. The third-order valence-corrected chi connectivity index (χ3v) is 4.29. The van der Waals surface area contributed by atoms with Gasteiger partial charge in [0.25, 0.3) is 0 Å². The lowest BCUT2D eigenvalue weighted by Crippen LogP contribution is -2.24. The molecule has 2 aromatic carbocycles. The van der Waals surface area contributed by atoms with Crippen molar-refractivity contribution in [1.82, 2.24) is 9.88 Å². The van der Waals surface area contributed by atoms with Gasteiger partial charge in [-0.25, -0.2) is 4.79 Å². The number of fused-ring (bicyclic) bond motifs is 1. The van der Waals surface area contributed by atoms with Gasteiger partial charge in [-0.3, -0.25) is 0 Å². The van der Waals surface area contributed by atoms with Crippen LogP contribution in [0.2, 0.25) is 0 Å². The molecule has 6 nitrogen and oxygen atoms in total. The highest BCUT2D eigenvalue weighted by Gasteiger charge is 2.11. The summed E-state index contributed by atoms with van der Waals surface area (Å²) >= 11 is 0. The van der Waals surface area contributed by atoms with Gasteiger partial charge in [-0.2, -0.15) is 0 Å². The highest BCUT2D eigenvalue weighted by Crippen LogP contribution is 2.29. The highest BCUT2D eigenvalue weighted by molar-refractivity contribution is 5.89. The Morgan fingerprint density at radius 1 is 1.15 bits per heavy atom. The van der Waals surface area contributed by atoms with Crippen LogP contribution in [-0.4, -0.2) is 29.5 Å². The zero-order valence-electron chi connectivity index (χ0n) is 14.9. The summed E-state index contributed by atoms with van der Waals surface area (Å²) in [5.41, 5.74) is 2.77. The fraction of sp³-hybridized carbons (Fsp3) is 0.250. The van der Waals surface area contributed by atoms with Crippen molar-refractivity contribution in [1.29, 1.82) is 0 Å². The predicted octanol–water partition coefficient (Wildman–Crippen LogP) is 3.36. The minimum absolute atomic E-state index is 0.227. The van der Waals surface area contributed by atoms with Crippen LogP contribution in [0.25, 0.3) is 10.9 Å². The van der Waals surface area contributed by atoms with E-state index in [1.54, 1.807) is 13.2 Å². The van der Waals surface area contributed by atoms with Gasteiger partial charge in [-0.1, -0.05) is 24.3 Å². The van der Waals surface area contributed by atoms with Crippen LogP contribution >= 0.6 is 0 Å². The number of methoxy groups -OCH3 is 1. The van der Waals surface area contributed by atoms with Crippen molar-refractivity contribution < 1.29 is 19.4 Å². The smallest absolute Gasteiger partial charge is 0.407 e. The summed E-state index contributed by atoms with van der Waals surface area (Å²) in [5.74, 6) is 0.956. The molecule has 0 fully saturated rings. The van der Waals surface area contributed by atoms with Gasteiger partial charge in [0.05, 0.1) is 19.2 Å². The molecule has 0 aliphatic rings. The molecule has 0 bridgehead atoms. The summed E-state index contributed by atoms with van der Waals surface area (Å²) in [7, 11) is 3.52. The molecule has 1 amide bonds. The molecular weight excluding hydrogens is 332 g/mol. The number of phenolic OH excluding ortho intramolecular Hbond substituents is 1. The van der Waals surface area contributed by atoms with Crippen molar-refractivity contribution in [2.75, 3.05) is 13.7 Å². The van der Waals surface area contributed by atoms with Crippen LogP contribution < -0.4 is 10.1 Å². The summed E-state index contributed by atoms with van der Waals surface area (Å²) < 4.78 is 12.5. The zero-order valence-corrected chi connectivity index (χ0v) is 14.9. The number of hydrogen-bond acceptors (Lipinski definition) is 4. The molecule has 0 spiro atoms. The van der Waals surface area contributed by atoms with Gasteiger partial charge in [0.2, 0.25) is 0 Å². The summed E-state index contributed by atoms with van der Waals surface area (Å²) in [6.07, 6.45) is 1.98. The lowest BCUT2D eigenvalue weighted by Gasteiger charge is -2.10. The molecule has 136 valence electrons. The fourth-order valence-electron chi connectivity index (χ4n) is 3.03. The van der Waals surface area contributed by atoms with Crippen LogP contribution in [0.3, 0.4) is 0 Å². The van der Waals surface area contributed by atoms with Gasteiger partial charge >= 0.3 is 6.09 Å². The number of alkyl carbamates (subject to hydrolysis) is 1. The number of phenols is 1. The number of amides is 1. The average Bonchev–Trinajstić information content (AvgIpc) is 2.97. The lowest BCUT2D eigenvalue weighted by molar-refractivity contribution is 0.147. The predicted molar refractivity (Wildman–Crippen MR) is 99.5 cm³/mol. The number of para-hydroxylation sites is 1. The normalized spacial score (nSPS) is 10.7. The highest BCUT2D eigenvalue weighted by atomic mass is 16.5. The number of carbonyl (C=O) groups is 1. The van der Waals surface area contributed by atoms with Crippen LogP contribution in [-0.2, 0) is 24.8 Å². The van der Waals surface area contributed by atoms with Crippen molar-refractivity contribution >= 4 is 17.0 Å². The number of hydrogen-bond donors (Lipinski definition) is 2. The molecule has 0 radical (unpaired) electrons. The molecule has 1 heterocycles. The maximum atomic E-state index is 11.9. The van der Waals surface area contributed by atoms with Crippen LogP contribution in [0.1, 0.15) is 11.1 Å². The van der Waals surface area contributed by atoms with Crippen molar-refractivity contribution in [2.45, 2.75) is 13.0 Å². The third-order valence-electron chi connectivity index (χ3n) is 4.29. The zero-order chi connectivity index (χ0) is 18.5. The average molecular weight is 354 g/mol. The Hall–Kier alpha value is -3.15. The number of nitrogens with one attached hydrogen (secondary N) is 1. The number of nitrogens with zero attached hydrogens (tertiary/aromatic N) is 1. The topological polar surface area (TPSA) is 72.7 Å². The number of carbonyl (C=O) groups excluding carboxylic acids is 1. The summed E-state index contributed by atoms with van der Waals surface area (Å²) in [6, 6.07) is 12.9. The van der Waals surface area contributed by atoms with E-state index in [1.807, 2.05) is 54.2 Å². The Morgan fingerprint density at radius 2 is 1.96 bits per heavy atom. The van der Waals surface area contributed by atoms with Crippen LogP contribution in [0.15, 0.2) is 48.7 Å². The van der Waals surface area contributed by atoms with E-state index in [-0.39, 0.29) is 12.4 Å². The molecule has 3 aromatic rings. The van der Waals surface area contributed by atoms with Gasteiger partial charge in [-0.05, 0) is 23.8 Å². The number of aryl methyl sites for hydroxylation is 1. The summed E-state index contributed by atoms with van der Waals surface area (Å²) in [4.78, 5) is 11.9. The Kier molecular flexibility index (Phi) is 5.31. The first-order chi connectivity index (χ1) is 12.6. The second-order valence-electron chi connectivity index (χ2n) is 5.99. The lowest BCUT2D eigenvalue weighted by atomic mass is 10.1. The SMILES string of the molecule is COc1ccccc1CNC(=O)OCCc1cn(C)c2cccc(O)c12. The monoisotopic (exact) mass is 354 g/mol. The quantitative estimate of drug-likeness (QED) is 0.712. The van der Waals surface area contributed by atoms with Crippen molar-refractivity contribution in [3.8, 4) is 11.5 Å². The molecular formula is C20H22N2O4. The molecule has 0 saturated heterocycles. The number of aromatic hydroxyl groups is 1. The molecule has 6 heteroatoms. The van der Waals surface area contributed by atoms with E-state index in [9.17, 15) is 9.90 Å². The number of benzene rings is 2. The van der Waals surface area contributed by atoms with E-state index >= 15 is 0 Å². The van der Waals surface area contributed by atoms with Gasteiger partial charge in [0, 0.05) is 37.2 Å². The first-order valence-electron chi connectivity index (χ1n) is 8.38. The van der Waals surface area contributed by atoms with Gasteiger partial charge in [0.1, 0.15) is 11.5 Å². The van der Waals surface area contributed by atoms with Crippen molar-refractivity contribution in [3.63, 3.8) is 0 Å². The maximum Gasteiger partial charge on any atom is 0.407 e. The molecule has 1 aromatic heterocycles. The Bertz CT molecular complexity index is 917. The molecule has 0 atom stereocenters. The minimum atomic E-state index is -0.486. The van der Waals surface area contributed by atoms with Gasteiger partial charge in [0.15, 0.2) is 0 Å². The van der Waals surface area contributed by atoms with Gasteiger partial charge < -0.3 is 24.5 Å². The van der Waals surface area contributed by atoms with Gasteiger partial charge in [-0.15, -0.1) is 0 Å². The largest absolute Gasteiger partial charge is 0.507 e. The second kappa shape index (κ2) is 7.82. The van der Waals surface area contributed by atoms with E-state index in [1.165, 1.54) is 0 Å². The van der Waals surface area contributed by atoms with E-state index in [2.05, 4.69) is 5.32 Å². The standard InChI is InChI=1S/C20H22N2O4/c1-22-13-15(19-16(22)7-5-8-17(19)23)10-11-26-20(24)21-12-14-6-3-4-9-18(14)25-2/h3-9,13,23H,10-12H2,1-2H3,(H,21,24). The molecule has 26 heavy (non-hydrogen) atoms. The van der Waals surface area contributed by atoms with E-state index in [0.29, 0.717) is 13.0 Å². The van der Waals surface area contributed by atoms with Crippen LogP contribution in [0.4, 0.5) is 4.79 Å². The number of rotatable bonds is 6. The van der Waals surface area contributed by atoms with Crippen molar-refractivity contribution in [3.05, 3.63) is 59.8 Å². The number of ether oxygens (including phenoxy) is 2. The maximum absolute atomic E-state index is 11.9. The first kappa shape index (κ1) is 17.7. The molecule has 0 unspecified atom stereocenters. The molecule has 0 aliphatic heterocycles. The second-order valence-corrected chi connectivity index (χ2v) is 5.99. The van der Waals surface area contributed by atoms with E-state index in [4.69, 9.17) is 9.47 Å². The first-order valence-corrected chi connectivity index (χ1v) is 8.38. The molecule has 3 rings (SSSR count). The molecule has 0 aliphatic carbocycles. The molecule has 0 saturated carbocycles. The Labute approximate surface area is 152 Å². The van der Waals surface area contributed by atoms with E-state index < -0.39 is 6.09 Å². The third kappa shape index (κ3) is 3.74. The van der Waals surface area contributed by atoms with Crippen LogP contribution in [0, 0.1) is 0 Å². The number of aromatic nitrogens is 1. The Morgan fingerprint density at radius 3 is 2.77 bits per heavy atom. The molecule has 2 N–H and O–H groups in total. The minimum Gasteiger partial charge on any atom is -0.507 e. The van der Waals surface area contributed by atoms with Crippen molar-refractivity contribution in [2.24, 2.45) is 7.05 Å². The summed E-state index contributed by atoms with van der Waals surface area (Å²) in [6.45, 7) is 0.559. The fourth-order valence-corrected chi connectivity index (χ4v) is 3.03. The summed E-state index contributed by atoms with van der Waals surface area (Å²) in [5, 5.41) is 13.6. The van der Waals surface area contributed by atoms with Crippen LogP contribution in [0.5, 0.6) is 11.5 Å². The van der Waals surface area contributed by atoms with E-state index in [0.717, 1.165) is 27.8 Å².